The van der Waals surface area contributed by atoms with Crippen LogP contribution in [0.1, 0.15) is 34.9 Å². The predicted molar refractivity (Wildman–Crippen MR) is 80.9 cm³/mol. The van der Waals surface area contributed by atoms with Crippen molar-refractivity contribution < 1.29 is 0 Å². The van der Waals surface area contributed by atoms with E-state index in [1.807, 2.05) is 17.6 Å². The smallest absolute Gasteiger partial charge is 0.0798 e. The highest BCUT2D eigenvalue weighted by Crippen LogP contribution is 2.40. The minimum Gasteiger partial charge on any atom is -0.309 e. The highest BCUT2D eigenvalue weighted by molar-refractivity contribution is 7.09. The van der Waals surface area contributed by atoms with Crippen molar-refractivity contribution >= 4 is 22.9 Å². The average molecular weight is 293 g/mol. The second-order valence-electron chi connectivity index (χ2n) is 5.13. The zero-order valence-electron chi connectivity index (χ0n) is 10.9. The van der Waals surface area contributed by atoms with E-state index in [0.29, 0.717) is 12.0 Å². The van der Waals surface area contributed by atoms with Crippen molar-refractivity contribution in [2.45, 2.75) is 38.3 Å². The van der Waals surface area contributed by atoms with Crippen LogP contribution in [0.5, 0.6) is 0 Å². The summed E-state index contributed by atoms with van der Waals surface area (Å²) >= 11 is 7.96. The molecule has 1 N–H and O–H groups in total. The number of hydrogen-bond acceptors (Lipinski definition) is 3. The fraction of sp³-hybridized carbons (Fsp3) is 0.400. The lowest BCUT2D eigenvalue weighted by molar-refractivity contribution is 0.290. The van der Waals surface area contributed by atoms with E-state index in [9.17, 15) is 0 Å². The van der Waals surface area contributed by atoms with Crippen LogP contribution in [0.3, 0.4) is 0 Å². The molecule has 4 heteroatoms. The average Bonchev–Trinajstić information content (AvgIpc) is 2.75. The molecule has 0 aliphatic heterocycles. The molecular formula is C15H17ClN2S. The zero-order valence-corrected chi connectivity index (χ0v) is 12.5. The molecule has 0 radical (unpaired) electrons. The van der Waals surface area contributed by atoms with E-state index in [0.717, 1.165) is 17.3 Å². The summed E-state index contributed by atoms with van der Waals surface area (Å²) in [6.45, 7) is 3.01. The molecule has 2 aromatic rings. The van der Waals surface area contributed by atoms with E-state index in [-0.39, 0.29) is 0 Å². The van der Waals surface area contributed by atoms with Gasteiger partial charge in [-0.05, 0) is 37.3 Å². The normalized spacial score (nSPS) is 22.2. The third-order valence-corrected chi connectivity index (χ3v) is 5.16. The van der Waals surface area contributed by atoms with Crippen LogP contribution in [-0.4, -0.2) is 11.0 Å². The van der Waals surface area contributed by atoms with Gasteiger partial charge in [-0.15, -0.1) is 11.3 Å². The van der Waals surface area contributed by atoms with E-state index < -0.39 is 0 Å². The van der Waals surface area contributed by atoms with Crippen molar-refractivity contribution in [2.24, 2.45) is 0 Å². The number of halogens is 1. The van der Waals surface area contributed by atoms with Gasteiger partial charge in [0.2, 0.25) is 0 Å². The molecule has 1 aliphatic carbocycles. The van der Waals surface area contributed by atoms with Crippen LogP contribution in [0.4, 0.5) is 0 Å². The molecule has 100 valence electrons. The second kappa shape index (κ2) is 5.61. The number of thiazole rings is 1. The first-order chi connectivity index (χ1) is 9.24. The van der Waals surface area contributed by atoms with Gasteiger partial charge in [-0.3, -0.25) is 0 Å². The topological polar surface area (TPSA) is 24.9 Å². The molecule has 0 saturated heterocycles. The molecule has 0 bridgehead atoms. The summed E-state index contributed by atoms with van der Waals surface area (Å²) in [4.78, 5) is 5.62. The molecular weight excluding hydrogens is 276 g/mol. The molecule has 1 aromatic heterocycles. The van der Waals surface area contributed by atoms with Gasteiger partial charge in [0.15, 0.2) is 0 Å². The van der Waals surface area contributed by atoms with Crippen LogP contribution in [0.15, 0.2) is 29.8 Å². The molecule has 1 heterocycles. The van der Waals surface area contributed by atoms with Gasteiger partial charge in [0.25, 0.3) is 0 Å². The Hall–Kier alpha value is -0.900. The Balaban J connectivity index is 1.51. The number of nitrogens with one attached hydrogen (secondary N) is 1. The maximum atomic E-state index is 6.23. The summed E-state index contributed by atoms with van der Waals surface area (Å²) in [5.41, 5.74) is 4.37. The number of rotatable bonds is 4. The van der Waals surface area contributed by atoms with Crippen molar-refractivity contribution in [1.29, 1.82) is 0 Å². The Bertz CT molecular complexity index is 561. The highest BCUT2D eigenvalue weighted by atomic mass is 35.5. The Kier molecular flexibility index (Phi) is 3.87. The summed E-state index contributed by atoms with van der Waals surface area (Å²) in [5.74, 6) is 0.619. The summed E-state index contributed by atoms with van der Waals surface area (Å²) in [7, 11) is 0. The van der Waals surface area contributed by atoms with Crippen LogP contribution < -0.4 is 5.32 Å². The molecule has 0 unspecified atom stereocenters. The Labute approximate surface area is 122 Å². The number of hydrogen-bond donors (Lipinski definition) is 1. The highest BCUT2D eigenvalue weighted by Gasteiger charge is 2.31. The van der Waals surface area contributed by atoms with Crippen LogP contribution in [-0.2, 0) is 6.54 Å². The van der Waals surface area contributed by atoms with Gasteiger partial charge in [-0.25, -0.2) is 4.98 Å². The fourth-order valence-corrected chi connectivity index (χ4v) is 3.60. The molecule has 3 rings (SSSR count). The molecule has 0 spiro atoms. The molecule has 1 fully saturated rings. The lowest BCUT2D eigenvalue weighted by Gasteiger charge is -2.36. The summed E-state index contributed by atoms with van der Waals surface area (Å²) < 4.78 is 0. The van der Waals surface area contributed by atoms with E-state index in [1.54, 1.807) is 11.3 Å². The van der Waals surface area contributed by atoms with Gasteiger partial charge in [-0.2, -0.15) is 0 Å². The van der Waals surface area contributed by atoms with Crippen LogP contribution >= 0.6 is 22.9 Å². The number of aryl methyl sites for hydroxylation is 1. The van der Waals surface area contributed by atoms with Crippen LogP contribution in [0.25, 0.3) is 0 Å². The third kappa shape index (κ3) is 2.83. The Morgan fingerprint density at radius 1 is 1.37 bits per heavy atom. The van der Waals surface area contributed by atoms with Gasteiger partial charge in [-0.1, -0.05) is 29.8 Å². The minimum atomic E-state index is 0.614. The van der Waals surface area contributed by atoms with Gasteiger partial charge < -0.3 is 5.32 Å². The summed E-state index contributed by atoms with van der Waals surface area (Å²) in [5, 5.41) is 4.52. The monoisotopic (exact) mass is 292 g/mol. The third-order valence-electron chi connectivity index (χ3n) is 3.88. The summed E-state index contributed by atoms with van der Waals surface area (Å²) in [6, 6.07) is 8.81. The van der Waals surface area contributed by atoms with Gasteiger partial charge in [0, 0.05) is 22.5 Å². The minimum absolute atomic E-state index is 0.614. The maximum absolute atomic E-state index is 6.23. The van der Waals surface area contributed by atoms with Crippen molar-refractivity contribution in [3.63, 3.8) is 0 Å². The van der Waals surface area contributed by atoms with Gasteiger partial charge >= 0.3 is 0 Å². The Morgan fingerprint density at radius 2 is 2.16 bits per heavy atom. The van der Waals surface area contributed by atoms with Gasteiger partial charge in [0.1, 0.15) is 0 Å². The first-order valence-electron chi connectivity index (χ1n) is 6.61. The van der Waals surface area contributed by atoms with Crippen LogP contribution in [0.2, 0.25) is 5.02 Å². The van der Waals surface area contributed by atoms with Crippen molar-refractivity contribution in [3.05, 3.63) is 50.9 Å². The van der Waals surface area contributed by atoms with Gasteiger partial charge in [0.05, 0.1) is 11.2 Å². The molecule has 19 heavy (non-hydrogen) atoms. The van der Waals surface area contributed by atoms with Crippen LogP contribution in [0, 0.1) is 6.92 Å². The van der Waals surface area contributed by atoms with E-state index in [2.05, 4.69) is 29.4 Å². The Morgan fingerprint density at radius 3 is 2.84 bits per heavy atom. The zero-order chi connectivity index (χ0) is 13.2. The number of nitrogens with zero attached hydrogens (tertiary/aromatic N) is 1. The van der Waals surface area contributed by atoms with E-state index in [4.69, 9.17) is 11.6 Å². The first-order valence-corrected chi connectivity index (χ1v) is 7.86. The number of aromatic nitrogens is 1. The van der Waals surface area contributed by atoms with Crippen molar-refractivity contribution in [1.82, 2.24) is 10.3 Å². The lowest BCUT2D eigenvalue weighted by atomic mass is 9.76. The molecule has 1 aromatic carbocycles. The summed E-state index contributed by atoms with van der Waals surface area (Å²) in [6.07, 6.45) is 2.36. The maximum Gasteiger partial charge on any atom is 0.0798 e. The second-order valence-corrected chi connectivity index (χ2v) is 6.48. The largest absolute Gasteiger partial charge is 0.309 e. The van der Waals surface area contributed by atoms with E-state index >= 15 is 0 Å². The molecule has 0 amide bonds. The van der Waals surface area contributed by atoms with Crippen molar-refractivity contribution in [2.75, 3.05) is 0 Å². The molecule has 2 nitrogen and oxygen atoms in total. The van der Waals surface area contributed by atoms with Crippen molar-refractivity contribution in [3.8, 4) is 0 Å². The van der Waals surface area contributed by atoms with E-state index in [1.165, 1.54) is 23.3 Å². The fourth-order valence-electron chi connectivity index (χ4n) is 2.58. The first kappa shape index (κ1) is 13.1. The SMILES string of the molecule is Cc1ncsc1CNC1CC(c2ccccc2Cl)C1. The predicted octanol–water partition coefficient (Wildman–Crippen LogP) is 4.14. The quantitative estimate of drug-likeness (QED) is 0.916. The number of benzene rings is 1. The molecule has 1 aliphatic rings. The standard InChI is InChI=1S/C15H17ClN2S/c1-10-15(19-9-18-10)8-17-12-6-11(7-12)13-4-2-3-5-14(13)16/h2-5,9,11-12,17H,6-8H2,1H3. The lowest BCUT2D eigenvalue weighted by Crippen LogP contribution is -2.39. The molecule has 1 saturated carbocycles. The molecule has 0 atom stereocenters.